The highest BCUT2D eigenvalue weighted by molar-refractivity contribution is 7.79. The Kier molecular flexibility index (Phi) is 7.01. The van der Waals surface area contributed by atoms with Gasteiger partial charge in [-0.1, -0.05) is 30.3 Å². The van der Waals surface area contributed by atoms with Crippen molar-refractivity contribution in [1.29, 1.82) is 0 Å². The van der Waals surface area contributed by atoms with Crippen LogP contribution in [0.1, 0.15) is 12.0 Å². The SMILES string of the molecule is O=C(OCc1ccccc1)[C@@H]1C[C@](F)(COC(=S)Oc2ccc(F)cc2)CN1C(=O)O. The molecule has 0 spiro atoms. The van der Waals surface area contributed by atoms with Crippen LogP contribution in [0.3, 0.4) is 0 Å². The molecule has 0 aromatic heterocycles. The quantitative estimate of drug-likeness (QED) is 0.529. The van der Waals surface area contributed by atoms with Crippen molar-refractivity contribution in [2.45, 2.75) is 24.7 Å². The highest BCUT2D eigenvalue weighted by Gasteiger charge is 2.51. The van der Waals surface area contributed by atoms with Gasteiger partial charge in [-0.15, -0.1) is 0 Å². The summed E-state index contributed by atoms with van der Waals surface area (Å²) in [5.41, 5.74) is -1.46. The Balaban J connectivity index is 1.56. The zero-order valence-electron chi connectivity index (χ0n) is 16.2. The molecule has 1 N–H and O–H groups in total. The Labute approximate surface area is 182 Å². The molecule has 1 heterocycles. The summed E-state index contributed by atoms with van der Waals surface area (Å²) in [6.45, 7) is -1.28. The number of nitrogens with zero attached hydrogens (tertiary/aromatic N) is 1. The maximum absolute atomic E-state index is 15.2. The fraction of sp³-hybridized carbons (Fsp3) is 0.286. The summed E-state index contributed by atoms with van der Waals surface area (Å²) < 4.78 is 43.6. The minimum atomic E-state index is -2.18. The number of likely N-dealkylation sites (tertiary alicyclic amines) is 1. The van der Waals surface area contributed by atoms with Gasteiger partial charge in [-0.05, 0) is 29.8 Å². The van der Waals surface area contributed by atoms with E-state index in [1.165, 1.54) is 12.1 Å². The van der Waals surface area contributed by atoms with E-state index in [1.54, 1.807) is 30.3 Å². The van der Waals surface area contributed by atoms with E-state index in [1.807, 2.05) is 0 Å². The predicted molar refractivity (Wildman–Crippen MR) is 109 cm³/mol. The number of amides is 1. The monoisotopic (exact) mass is 451 g/mol. The van der Waals surface area contributed by atoms with Crippen molar-refractivity contribution in [2.24, 2.45) is 0 Å². The maximum atomic E-state index is 15.2. The predicted octanol–water partition coefficient (Wildman–Crippen LogP) is 3.71. The van der Waals surface area contributed by atoms with Gasteiger partial charge in [-0.3, -0.25) is 4.90 Å². The van der Waals surface area contributed by atoms with E-state index in [0.29, 0.717) is 10.5 Å². The molecular formula is C21H19F2NO6S. The van der Waals surface area contributed by atoms with Gasteiger partial charge in [-0.25, -0.2) is 18.4 Å². The highest BCUT2D eigenvalue weighted by atomic mass is 32.1. The number of carbonyl (C=O) groups excluding carboxylic acids is 1. The topological polar surface area (TPSA) is 85.3 Å². The molecule has 164 valence electrons. The van der Waals surface area contributed by atoms with Crippen LogP contribution >= 0.6 is 12.2 Å². The number of rotatable bonds is 6. The van der Waals surface area contributed by atoms with Crippen molar-refractivity contribution >= 4 is 29.5 Å². The second-order valence-electron chi connectivity index (χ2n) is 6.97. The standard InChI is InChI=1S/C21H19F2NO6S/c22-15-6-8-16(9-7-15)30-20(31)29-13-21(23)10-17(24(12-21)19(26)27)18(25)28-11-14-4-2-1-3-5-14/h1-9,17H,10-13H2,(H,26,27)/t17-,21+/m0/s1. The van der Waals surface area contributed by atoms with Crippen LogP contribution in [0.25, 0.3) is 0 Å². The lowest BCUT2D eigenvalue weighted by atomic mass is 10.0. The number of esters is 1. The van der Waals surface area contributed by atoms with Crippen molar-refractivity contribution in [3.8, 4) is 5.75 Å². The maximum Gasteiger partial charge on any atom is 0.408 e. The average molecular weight is 451 g/mol. The van der Waals surface area contributed by atoms with Gasteiger partial charge in [0.25, 0.3) is 0 Å². The van der Waals surface area contributed by atoms with Crippen LogP contribution in [0.15, 0.2) is 54.6 Å². The minimum Gasteiger partial charge on any atom is -0.465 e. The summed E-state index contributed by atoms with van der Waals surface area (Å²) in [7, 11) is 0. The van der Waals surface area contributed by atoms with E-state index >= 15 is 4.39 Å². The van der Waals surface area contributed by atoms with Crippen molar-refractivity contribution in [3.05, 3.63) is 66.0 Å². The van der Waals surface area contributed by atoms with Crippen molar-refractivity contribution in [1.82, 2.24) is 4.90 Å². The lowest BCUT2D eigenvalue weighted by Gasteiger charge is -2.20. The summed E-state index contributed by atoms with van der Waals surface area (Å²) >= 11 is 4.88. The van der Waals surface area contributed by atoms with Crippen LogP contribution in [0.5, 0.6) is 5.75 Å². The first-order valence-electron chi connectivity index (χ1n) is 9.25. The Morgan fingerprint density at radius 1 is 1.13 bits per heavy atom. The Morgan fingerprint density at radius 3 is 2.45 bits per heavy atom. The highest BCUT2D eigenvalue weighted by Crippen LogP contribution is 2.32. The molecular weight excluding hydrogens is 432 g/mol. The zero-order chi connectivity index (χ0) is 22.4. The lowest BCUT2D eigenvalue weighted by molar-refractivity contribution is -0.149. The third kappa shape index (κ3) is 6.11. The largest absolute Gasteiger partial charge is 0.465 e. The van der Waals surface area contributed by atoms with Gasteiger partial charge in [0, 0.05) is 18.6 Å². The van der Waals surface area contributed by atoms with Crippen molar-refractivity contribution in [2.75, 3.05) is 13.2 Å². The van der Waals surface area contributed by atoms with Crippen LogP contribution in [-0.4, -0.2) is 52.2 Å². The Hall–Kier alpha value is -3.27. The molecule has 1 aliphatic heterocycles. The summed E-state index contributed by atoms with van der Waals surface area (Å²) in [5.74, 6) is -1.12. The van der Waals surface area contributed by atoms with Gasteiger partial charge in [0.2, 0.25) is 0 Å². The fourth-order valence-corrected chi connectivity index (χ4v) is 3.25. The van der Waals surface area contributed by atoms with E-state index in [0.717, 1.165) is 12.1 Å². The first-order valence-corrected chi connectivity index (χ1v) is 9.66. The molecule has 0 bridgehead atoms. The number of carboxylic acid groups (broad SMARTS) is 1. The van der Waals surface area contributed by atoms with Gasteiger partial charge in [0.15, 0.2) is 5.67 Å². The normalized spacial score (nSPS) is 20.2. The number of halogens is 2. The number of ether oxygens (including phenoxy) is 3. The summed E-state index contributed by atoms with van der Waals surface area (Å²) in [4.78, 5) is 24.6. The Morgan fingerprint density at radius 2 is 1.81 bits per heavy atom. The fourth-order valence-electron chi connectivity index (χ4n) is 3.09. The number of benzene rings is 2. The van der Waals surface area contributed by atoms with E-state index in [-0.39, 0.29) is 12.4 Å². The molecule has 1 fully saturated rings. The third-order valence-corrected chi connectivity index (χ3v) is 4.80. The van der Waals surface area contributed by atoms with Crippen LogP contribution < -0.4 is 4.74 Å². The van der Waals surface area contributed by atoms with E-state index in [4.69, 9.17) is 26.4 Å². The first-order chi connectivity index (χ1) is 14.8. The summed E-state index contributed by atoms with van der Waals surface area (Å²) in [6.07, 6.45) is -1.90. The molecule has 31 heavy (non-hydrogen) atoms. The molecule has 0 saturated carbocycles. The molecule has 0 aliphatic carbocycles. The second-order valence-corrected chi connectivity index (χ2v) is 7.30. The van der Waals surface area contributed by atoms with Crippen LogP contribution in [0, 0.1) is 5.82 Å². The number of hydrogen-bond acceptors (Lipinski definition) is 6. The lowest BCUT2D eigenvalue weighted by Crippen LogP contribution is -2.41. The molecule has 0 radical (unpaired) electrons. The smallest absolute Gasteiger partial charge is 0.408 e. The van der Waals surface area contributed by atoms with Crippen LogP contribution in [0.2, 0.25) is 0 Å². The molecule has 0 unspecified atom stereocenters. The number of thiocarbonyl (C=S) groups is 1. The van der Waals surface area contributed by atoms with E-state index in [2.05, 4.69) is 0 Å². The molecule has 1 aliphatic rings. The van der Waals surface area contributed by atoms with Gasteiger partial charge in [-0.2, -0.15) is 0 Å². The average Bonchev–Trinajstić information content (AvgIpc) is 3.12. The number of carbonyl (C=O) groups is 2. The minimum absolute atomic E-state index is 0.0605. The van der Waals surface area contributed by atoms with Gasteiger partial charge >= 0.3 is 17.3 Å². The van der Waals surface area contributed by atoms with Crippen molar-refractivity contribution in [3.63, 3.8) is 0 Å². The van der Waals surface area contributed by atoms with Gasteiger partial charge in [0.05, 0.1) is 6.54 Å². The Bertz CT molecular complexity index is 943. The molecule has 2 aromatic rings. The molecule has 2 atom stereocenters. The van der Waals surface area contributed by atoms with Gasteiger partial charge < -0.3 is 19.3 Å². The number of hydrogen-bond donors (Lipinski definition) is 1. The molecule has 7 nitrogen and oxygen atoms in total. The summed E-state index contributed by atoms with van der Waals surface area (Å²) in [6, 6.07) is 12.4. The van der Waals surface area contributed by atoms with E-state index < -0.39 is 54.4 Å². The summed E-state index contributed by atoms with van der Waals surface area (Å²) in [5, 5.41) is 8.96. The molecule has 10 heteroatoms. The first kappa shape index (κ1) is 22.4. The van der Waals surface area contributed by atoms with Crippen LogP contribution in [0.4, 0.5) is 13.6 Å². The third-order valence-electron chi connectivity index (χ3n) is 4.59. The van der Waals surface area contributed by atoms with Crippen LogP contribution in [-0.2, 0) is 20.9 Å². The molecule has 3 rings (SSSR count). The zero-order valence-corrected chi connectivity index (χ0v) is 17.0. The molecule has 2 aromatic carbocycles. The molecule has 1 amide bonds. The van der Waals surface area contributed by atoms with Crippen molar-refractivity contribution < 1.29 is 37.7 Å². The molecule has 1 saturated heterocycles. The van der Waals surface area contributed by atoms with E-state index in [9.17, 15) is 19.1 Å². The number of alkyl halides is 1. The second kappa shape index (κ2) is 9.69. The van der Waals surface area contributed by atoms with Gasteiger partial charge in [0.1, 0.15) is 30.8 Å².